The van der Waals surface area contributed by atoms with Crippen molar-refractivity contribution in [1.29, 1.82) is 0 Å². The average molecular weight is 279 g/mol. The fraction of sp³-hybridized carbons (Fsp3) is 0.167. The second-order valence-electron chi connectivity index (χ2n) is 3.35. The predicted octanol–water partition coefficient (Wildman–Crippen LogP) is 3.38. The Kier molecular flexibility index (Phi) is 3.51. The molecular formula is C12H11BrN2O. The summed E-state index contributed by atoms with van der Waals surface area (Å²) in [7, 11) is 0. The van der Waals surface area contributed by atoms with Crippen LogP contribution in [0.2, 0.25) is 0 Å². The molecule has 1 atom stereocenters. The van der Waals surface area contributed by atoms with Gasteiger partial charge in [0, 0.05) is 16.9 Å². The van der Waals surface area contributed by atoms with Gasteiger partial charge in [0.15, 0.2) is 0 Å². The van der Waals surface area contributed by atoms with E-state index in [1.165, 1.54) is 0 Å². The Labute approximate surface area is 103 Å². The second-order valence-corrected chi connectivity index (χ2v) is 4.27. The molecule has 2 rings (SSSR count). The molecule has 2 aromatic rings. The molecule has 82 valence electrons. The van der Waals surface area contributed by atoms with Crippen LogP contribution in [0.3, 0.4) is 0 Å². The van der Waals surface area contributed by atoms with Crippen LogP contribution >= 0.6 is 15.9 Å². The normalized spacial score (nSPS) is 12.1. The van der Waals surface area contributed by atoms with Crippen molar-refractivity contribution in [1.82, 2.24) is 9.97 Å². The highest BCUT2D eigenvalue weighted by molar-refractivity contribution is 9.10. The van der Waals surface area contributed by atoms with Crippen molar-refractivity contribution >= 4 is 15.9 Å². The molecule has 0 bridgehead atoms. The van der Waals surface area contributed by atoms with Crippen molar-refractivity contribution in [3.05, 3.63) is 53.0 Å². The molecule has 0 spiro atoms. The van der Waals surface area contributed by atoms with Gasteiger partial charge < -0.3 is 4.74 Å². The Morgan fingerprint density at radius 3 is 2.88 bits per heavy atom. The maximum Gasteiger partial charge on any atom is 0.139 e. The number of nitrogens with zero attached hydrogens (tertiary/aromatic N) is 2. The molecule has 4 heteroatoms. The van der Waals surface area contributed by atoms with E-state index in [2.05, 4.69) is 25.9 Å². The minimum absolute atomic E-state index is 0.0858. The molecule has 0 amide bonds. The van der Waals surface area contributed by atoms with E-state index < -0.39 is 0 Å². The molecule has 0 aliphatic carbocycles. The molecule has 2 aromatic heterocycles. The Morgan fingerprint density at radius 1 is 1.31 bits per heavy atom. The SMILES string of the molecule is C[C@H](Oc1cncc(Br)c1)c1ccccn1. The summed E-state index contributed by atoms with van der Waals surface area (Å²) in [6.07, 6.45) is 5.08. The first-order valence-corrected chi connectivity index (χ1v) is 5.73. The number of hydrogen-bond donors (Lipinski definition) is 0. The number of halogens is 1. The fourth-order valence-electron chi connectivity index (χ4n) is 1.34. The van der Waals surface area contributed by atoms with Crippen molar-refractivity contribution in [3.63, 3.8) is 0 Å². The predicted molar refractivity (Wildman–Crippen MR) is 65.2 cm³/mol. The first-order chi connectivity index (χ1) is 7.75. The van der Waals surface area contributed by atoms with Crippen LogP contribution in [-0.2, 0) is 0 Å². The highest BCUT2D eigenvalue weighted by Crippen LogP contribution is 2.21. The minimum Gasteiger partial charge on any atom is -0.483 e. The van der Waals surface area contributed by atoms with Crippen molar-refractivity contribution in [3.8, 4) is 5.75 Å². The van der Waals surface area contributed by atoms with Gasteiger partial charge in [0.2, 0.25) is 0 Å². The van der Waals surface area contributed by atoms with E-state index in [9.17, 15) is 0 Å². The molecule has 3 nitrogen and oxygen atoms in total. The summed E-state index contributed by atoms with van der Waals surface area (Å²) in [5, 5.41) is 0. The first-order valence-electron chi connectivity index (χ1n) is 4.94. The van der Waals surface area contributed by atoms with Gasteiger partial charge in [0.25, 0.3) is 0 Å². The molecule has 16 heavy (non-hydrogen) atoms. The van der Waals surface area contributed by atoms with Crippen molar-refractivity contribution in [2.45, 2.75) is 13.0 Å². The Morgan fingerprint density at radius 2 is 2.19 bits per heavy atom. The standard InChI is InChI=1S/C12H11BrN2O/c1-9(12-4-2-3-5-15-12)16-11-6-10(13)7-14-8-11/h2-9H,1H3/t9-/m0/s1. The molecule has 0 aliphatic rings. The van der Waals surface area contributed by atoms with Crippen LogP contribution in [-0.4, -0.2) is 9.97 Å². The van der Waals surface area contributed by atoms with Gasteiger partial charge in [-0.1, -0.05) is 6.07 Å². The van der Waals surface area contributed by atoms with Crippen LogP contribution in [0.15, 0.2) is 47.3 Å². The summed E-state index contributed by atoms with van der Waals surface area (Å²) in [6, 6.07) is 7.65. The van der Waals surface area contributed by atoms with E-state index in [-0.39, 0.29) is 6.10 Å². The maximum atomic E-state index is 5.73. The first kappa shape index (κ1) is 11.1. The Bertz CT molecular complexity index is 462. The summed E-state index contributed by atoms with van der Waals surface area (Å²) >= 11 is 3.35. The molecule has 0 fully saturated rings. The average Bonchev–Trinajstić information content (AvgIpc) is 2.30. The van der Waals surface area contributed by atoms with Gasteiger partial charge in [-0.25, -0.2) is 0 Å². The van der Waals surface area contributed by atoms with Crippen LogP contribution in [0, 0.1) is 0 Å². The van der Waals surface area contributed by atoms with Crippen molar-refractivity contribution < 1.29 is 4.74 Å². The summed E-state index contributed by atoms with van der Waals surface area (Å²) in [4.78, 5) is 8.28. The third-order valence-corrected chi connectivity index (χ3v) is 2.53. The summed E-state index contributed by atoms with van der Waals surface area (Å²) in [6.45, 7) is 1.96. The molecule has 0 radical (unpaired) electrons. The van der Waals surface area contributed by atoms with Crippen LogP contribution in [0.1, 0.15) is 18.7 Å². The van der Waals surface area contributed by atoms with Gasteiger partial charge in [-0.3, -0.25) is 9.97 Å². The number of ether oxygens (including phenoxy) is 1. The van der Waals surface area contributed by atoms with Crippen LogP contribution in [0.4, 0.5) is 0 Å². The molecule has 2 heterocycles. The molecule has 0 aromatic carbocycles. The lowest BCUT2D eigenvalue weighted by Crippen LogP contribution is -2.04. The lowest BCUT2D eigenvalue weighted by Gasteiger charge is -2.13. The monoisotopic (exact) mass is 278 g/mol. The van der Waals surface area contributed by atoms with Crippen LogP contribution < -0.4 is 4.74 Å². The van der Waals surface area contributed by atoms with Gasteiger partial charge in [0.05, 0.1) is 11.9 Å². The smallest absolute Gasteiger partial charge is 0.139 e. The molecule has 0 saturated heterocycles. The van der Waals surface area contributed by atoms with Gasteiger partial charge >= 0.3 is 0 Å². The summed E-state index contributed by atoms with van der Waals surface area (Å²) in [5.74, 6) is 0.729. The topological polar surface area (TPSA) is 35.0 Å². The third-order valence-electron chi connectivity index (χ3n) is 2.10. The maximum absolute atomic E-state index is 5.73. The third kappa shape index (κ3) is 2.79. The molecule has 0 unspecified atom stereocenters. The van der Waals surface area contributed by atoms with Gasteiger partial charge in [0.1, 0.15) is 11.9 Å². The zero-order valence-electron chi connectivity index (χ0n) is 8.80. The molecule has 0 N–H and O–H groups in total. The lowest BCUT2D eigenvalue weighted by molar-refractivity contribution is 0.221. The van der Waals surface area contributed by atoms with Gasteiger partial charge in [-0.05, 0) is 41.1 Å². The van der Waals surface area contributed by atoms with E-state index in [1.807, 2.05) is 31.2 Å². The van der Waals surface area contributed by atoms with E-state index in [4.69, 9.17) is 4.74 Å². The molecule has 0 saturated carbocycles. The number of hydrogen-bond acceptors (Lipinski definition) is 3. The fourth-order valence-corrected chi connectivity index (χ4v) is 1.68. The van der Waals surface area contributed by atoms with E-state index in [0.717, 1.165) is 15.9 Å². The quantitative estimate of drug-likeness (QED) is 0.864. The van der Waals surface area contributed by atoms with E-state index in [0.29, 0.717) is 0 Å². The van der Waals surface area contributed by atoms with Crippen LogP contribution in [0.5, 0.6) is 5.75 Å². The highest BCUT2D eigenvalue weighted by Gasteiger charge is 2.08. The zero-order chi connectivity index (χ0) is 11.4. The van der Waals surface area contributed by atoms with Crippen LogP contribution in [0.25, 0.3) is 0 Å². The van der Waals surface area contributed by atoms with Crippen molar-refractivity contribution in [2.24, 2.45) is 0 Å². The number of rotatable bonds is 3. The lowest BCUT2D eigenvalue weighted by atomic mass is 10.2. The minimum atomic E-state index is -0.0858. The Hall–Kier alpha value is -1.42. The number of aromatic nitrogens is 2. The van der Waals surface area contributed by atoms with E-state index in [1.54, 1.807) is 18.6 Å². The highest BCUT2D eigenvalue weighted by atomic mass is 79.9. The molecular weight excluding hydrogens is 268 g/mol. The zero-order valence-corrected chi connectivity index (χ0v) is 10.4. The molecule has 0 aliphatic heterocycles. The second kappa shape index (κ2) is 5.07. The summed E-state index contributed by atoms with van der Waals surface area (Å²) in [5.41, 5.74) is 0.905. The largest absolute Gasteiger partial charge is 0.483 e. The van der Waals surface area contributed by atoms with Crippen molar-refractivity contribution in [2.75, 3.05) is 0 Å². The Balaban J connectivity index is 2.11. The number of pyridine rings is 2. The van der Waals surface area contributed by atoms with E-state index >= 15 is 0 Å². The van der Waals surface area contributed by atoms with Gasteiger partial charge in [-0.2, -0.15) is 0 Å². The summed E-state index contributed by atoms with van der Waals surface area (Å²) < 4.78 is 6.63. The van der Waals surface area contributed by atoms with Gasteiger partial charge in [-0.15, -0.1) is 0 Å².